The molecule has 0 aromatic carbocycles. The van der Waals surface area contributed by atoms with Crippen LogP contribution in [0.5, 0.6) is 0 Å². The van der Waals surface area contributed by atoms with Gasteiger partial charge in [0.05, 0.1) is 0 Å². The van der Waals surface area contributed by atoms with E-state index < -0.39 is 0 Å². The van der Waals surface area contributed by atoms with E-state index in [-0.39, 0.29) is 0 Å². The standard InChI is InChI=1S/C12H20.C2H6/c1-5-10-8(2)6-9-7-11(10)12(9,3)4;1-2/h5,8-9,11H,6-7H2,1-4H3;1-2H3/b10-5+;. The van der Waals surface area contributed by atoms with Crippen molar-refractivity contribution < 1.29 is 0 Å². The van der Waals surface area contributed by atoms with Gasteiger partial charge in [0.25, 0.3) is 0 Å². The summed E-state index contributed by atoms with van der Waals surface area (Å²) in [6, 6.07) is 0. The molecule has 3 aliphatic rings. The predicted octanol–water partition coefficient (Wildman–Crippen LogP) is 4.66. The Morgan fingerprint density at radius 2 is 1.79 bits per heavy atom. The predicted molar refractivity (Wildman–Crippen MR) is 64.3 cm³/mol. The van der Waals surface area contributed by atoms with E-state index in [4.69, 9.17) is 0 Å². The first-order chi connectivity index (χ1) is 6.57. The van der Waals surface area contributed by atoms with Crippen LogP contribution in [0.3, 0.4) is 0 Å². The van der Waals surface area contributed by atoms with Gasteiger partial charge in [0.1, 0.15) is 0 Å². The first-order valence-electron chi connectivity index (χ1n) is 6.23. The largest absolute Gasteiger partial charge is 0.0879 e. The quantitative estimate of drug-likeness (QED) is 0.492. The van der Waals surface area contributed by atoms with E-state index in [1.54, 1.807) is 5.57 Å². The van der Waals surface area contributed by atoms with Crippen LogP contribution in [0.25, 0.3) is 0 Å². The van der Waals surface area contributed by atoms with Gasteiger partial charge in [0, 0.05) is 0 Å². The minimum atomic E-state index is 0.619. The minimum absolute atomic E-state index is 0.619. The lowest BCUT2D eigenvalue weighted by atomic mass is 9.45. The smallest absolute Gasteiger partial charge is 0.0144 e. The summed E-state index contributed by atoms with van der Waals surface area (Å²) in [6.07, 6.45) is 5.27. The lowest BCUT2D eigenvalue weighted by Gasteiger charge is -2.60. The van der Waals surface area contributed by atoms with Gasteiger partial charge in [-0.15, -0.1) is 0 Å². The maximum Gasteiger partial charge on any atom is -0.0144 e. The molecule has 3 saturated carbocycles. The number of fused-ring (bicyclic) bond motifs is 2. The highest BCUT2D eigenvalue weighted by Crippen LogP contribution is 2.62. The van der Waals surface area contributed by atoms with Crippen molar-refractivity contribution in [2.45, 2.75) is 54.4 Å². The van der Waals surface area contributed by atoms with Crippen molar-refractivity contribution in [2.24, 2.45) is 23.2 Å². The fourth-order valence-corrected chi connectivity index (χ4v) is 3.37. The Hall–Kier alpha value is -0.260. The zero-order chi connectivity index (χ0) is 10.9. The van der Waals surface area contributed by atoms with Gasteiger partial charge in [-0.1, -0.05) is 46.3 Å². The van der Waals surface area contributed by atoms with Gasteiger partial charge >= 0.3 is 0 Å². The van der Waals surface area contributed by atoms with Crippen LogP contribution in [0.1, 0.15) is 54.4 Å². The fraction of sp³-hybridized carbons (Fsp3) is 0.857. The molecule has 3 unspecified atom stereocenters. The van der Waals surface area contributed by atoms with Crippen LogP contribution in [-0.2, 0) is 0 Å². The van der Waals surface area contributed by atoms with E-state index in [0.29, 0.717) is 5.41 Å². The van der Waals surface area contributed by atoms with Crippen molar-refractivity contribution in [1.29, 1.82) is 0 Å². The first-order valence-corrected chi connectivity index (χ1v) is 6.23. The molecule has 0 aliphatic heterocycles. The van der Waals surface area contributed by atoms with Crippen molar-refractivity contribution in [3.63, 3.8) is 0 Å². The molecule has 0 aromatic heterocycles. The van der Waals surface area contributed by atoms with E-state index in [1.165, 1.54) is 12.8 Å². The molecule has 2 bridgehead atoms. The SMILES string of the molecule is C/C=C1\C(C)CC2CC1C2(C)C.CC. The minimum Gasteiger partial charge on any atom is -0.0879 e. The molecule has 0 nitrogen and oxygen atoms in total. The average molecular weight is 194 g/mol. The third-order valence-corrected chi connectivity index (χ3v) is 4.41. The van der Waals surface area contributed by atoms with Gasteiger partial charge < -0.3 is 0 Å². The molecule has 0 N–H and O–H groups in total. The van der Waals surface area contributed by atoms with E-state index >= 15 is 0 Å². The molecule has 14 heavy (non-hydrogen) atoms. The van der Waals surface area contributed by atoms with Crippen molar-refractivity contribution in [2.75, 3.05) is 0 Å². The Labute approximate surface area is 89.8 Å². The summed E-state index contributed by atoms with van der Waals surface area (Å²) < 4.78 is 0. The van der Waals surface area contributed by atoms with Crippen LogP contribution in [-0.4, -0.2) is 0 Å². The summed E-state index contributed by atoms with van der Waals surface area (Å²) in [5, 5.41) is 0. The van der Waals surface area contributed by atoms with Crippen LogP contribution in [0.15, 0.2) is 11.6 Å². The molecule has 0 saturated heterocycles. The Bertz CT molecular complexity index is 222. The maximum absolute atomic E-state index is 2.45. The van der Waals surface area contributed by atoms with Crippen molar-refractivity contribution in [3.05, 3.63) is 11.6 Å². The van der Waals surface area contributed by atoms with Gasteiger partial charge in [-0.05, 0) is 42.9 Å². The Morgan fingerprint density at radius 1 is 1.21 bits per heavy atom. The van der Waals surface area contributed by atoms with Crippen molar-refractivity contribution in [1.82, 2.24) is 0 Å². The lowest BCUT2D eigenvalue weighted by molar-refractivity contribution is -0.0444. The second-order valence-electron chi connectivity index (χ2n) is 5.23. The second-order valence-corrected chi connectivity index (χ2v) is 5.23. The molecule has 3 atom stereocenters. The maximum atomic E-state index is 2.45. The summed E-state index contributed by atoms with van der Waals surface area (Å²) in [6.45, 7) is 13.5. The number of hydrogen-bond donors (Lipinski definition) is 0. The molecule has 3 aliphatic carbocycles. The van der Waals surface area contributed by atoms with Crippen LogP contribution in [0.4, 0.5) is 0 Å². The highest BCUT2D eigenvalue weighted by atomic mass is 14.6. The Morgan fingerprint density at radius 3 is 2.14 bits per heavy atom. The molecule has 82 valence electrons. The number of allylic oxidation sites excluding steroid dienone is 2. The summed E-state index contributed by atoms with van der Waals surface area (Å²) in [5.74, 6) is 2.80. The van der Waals surface area contributed by atoms with E-state index in [1.807, 2.05) is 13.8 Å². The molecule has 0 heterocycles. The Balaban J connectivity index is 0.000000461. The third kappa shape index (κ3) is 1.53. The molecule has 0 radical (unpaired) electrons. The van der Waals surface area contributed by atoms with Crippen molar-refractivity contribution >= 4 is 0 Å². The monoisotopic (exact) mass is 194 g/mol. The Kier molecular flexibility index (Phi) is 3.44. The molecule has 0 amide bonds. The molecular weight excluding hydrogens is 168 g/mol. The highest BCUT2D eigenvalue weighted by molar-refractivity contribution is 5.23. The van der Waals surface area contributed by atoms with Gasteiger partial charge in [-0.3, -0.25) is 0 Å². The van der Waals surface area contributed by atoms with E-state index in [2.05, 4.69) is 33.8 Å². The molecule has 3 fully saturated rings. The van der Waals surface area contributed by atoms with Gasteiger partial charge in [-0.2, -0.15) is 0 Å². The topological polar surface area (TPSA) is 0 Å². The first kappa shape index (κ1) is 11.8. The molecule has 0 spiro atoms. The fourth-order valence-electron chi connectivity index (χ4n) is 3.37. The average Bonchev–Trinajstić information content (AvgIpc) is 2.20. The van der Waals surface area contributed by atoms with E-state index in [9.17, 15) is 0 Å². The number of hydrogen-bond acceptors (Lipinski definition) is 0. The summed E-state index contributed by atoms with van der Waals surface area (Å²) in [7, 11) is 0. The second kappa shape index (κ2) is 4.08. The van der Waals surface area contributed by atoms with Gasteiger partial charge in [0.2, 0.25) is 0 Å². The van der Waals surface area contributed by atoms with Gasteiger partial charge in [0.15, 0.2) is 0 Å². The highest BCUT2D eigenvalue weighted by Gasteiger charge is 2.53. The van der Waals surface area contributed by atoms with Crippen LogP contribution < -0.4 is 0 Å². The summed E-state index contributed by atoms with van der Waals surface area (Å²) >= 11 is 0. The molecule has 0 aromatic rings. The van der Waals surface area contributed by atoms with Gasteiger partial charge in [-0.25, -0.2) is 0 Å². The summed E-state index contributed by atoms with van der Waals surface area (Å²) in [4.78, 5) is 0. The summed E-state index contributed by atoms with van der Waals surface area (Å²) in [5.41, 5.74) is 2.36. The third-order valence-electron chi connectivity index (χ3n) is 4.41. The van der Waals surface area contributed by atoms with Crippen LogP contribution >= 0.6 is 0 Å². The zero-order valence-corrected chi connectivity index (χ0v) is 10.7. The van der Waals surface area contributed by atoms with Crippen LogP contribution in [0.2, 0.25) is 0 Å². The normalized spacial score (nSPS) is 41.0. The molecule has 3 rings (SSSR count). The zero-order valence-electron chi connectivity index (χ0n) is 10.7. The van der Waals surface area contributed by atoms with Crippen LogP contribution in [0, 0.1) is 23.2 Å². The number of rotatable bonds is 0. The van der Waals surface area contributed by atoms with Crippen molar-refractivity contribution in [3.8, 4) is 0 Å². The molecule has 0 heteroatoms. The van der Waals surface area contributed by atoms with E-state index in [0.717, 1.165) is 17.8 Å². The lowest BCUT2D eigenvalue weighted by Crippen LogP contribution is -2.51. The molecular formula is C14H26.